The summed E-state index contributed by atoms with van der Waals surface area (Å²) in [5.74, 6) is 7.85. The Hall–Kier alpha value is -1.31. The summed E-state index contributed by atoms with van der Waals surface area (Å²) < 4.78 is 0. The summed E-state index contributed by atoms with van der Waals surface area (Å²) in [7, 11) is 0. The molecule has 0 saturated heterocycles. The average molecular weight is 403 g/mol. The van der Waals surface area contributed by atoms with Gasteiger partial charge in [-0.1, -0.05) is 43.8 Å². The number of aliphatic hydroxyl groups is 2. The maximum atomic E-state index is 10.9. The normalized spacial score (nSPS) is 37.5. The second kappa shape index (κ2) is 10.6. The average Bonchev–Trinajstić information content (AvgIpc) is 3.09. The van der Waals surface area contributed by atoms with Crippen molar-refractivity contribution in [3.8, 4) is 11.8 Å². The maximum absolute atomic E-state index is 10.9. The standard InChI is InChI=1S/C25H38O4/c1-2-3-10-19-18(12-7-14-24(28)29)20-15-16-23(27)21(25(19)20)11-5-4-8-17-9-6-13-22(17)26/h12,17,19-23,25-27H,2-4,6-10,13-16H2,1H3,(H,28,29)/b18-12-. The second-order valence-corrected chi connectivity index (χ2v) is 9.36. The van der Waals surface area contributed by atoms with Crippen LogP contribution in [0.1, 0.15) is 84.0 Å². The van der Waals surface area contributed by atoms with Crippen LogP contribution >= 0.6 is 0 Å². The Morgan fingerprint density at radius 3 is 2.66 bits per heavy atom. The van der Waals surface area contributed by atoms with E-state index in [2.05, 4.69) is 24.8 Å². The molecular weight excluding hydrogens is 364 g/mol. The van der Waals surface area contributed by atoms with Crippen molar-refractivity contribution < 1.29 is 20.1 Å². The van der Waals surface area contributed by atoms with Gasteiger partial charge in [-0.25, -0.2) is 0 Å². The molecule has 29 heavy (non-hydrogen) atoms. The molecule has 3 N–H and O–H groups in total. The molecule has 4 nitrogen and oxygen atoms in total. The summed E-state index contributed by atoms with van der Waals surface area (Å²) in [4.78, 5) is 10.9. The molecule has 162 valence electrons. The van der Waals surface area contributed by atoms with Gasteiger partial charge in [-0.2, -0.15) is 0 Å². The number of fused-ring (bicyclic) bond motifs is 1. The number of unbranched alkanes of at least 4 members (excludes halogenated alkanes) is 1. The summed E-state index contributed by atoms with van der Waals surface area (Å²) in [6.45, 7) is 2.20. The number of carboxylic acid groups (broad SMARTS) is 1. The third-order valence-corrected chi connectivity index (χ3v) is 7.52. The zero-order valence-electron chi connectivity index (χ0n) is 17.9. The number of hydrogen-bond acceptors (Lipinski definition) is 3. The molecule has 0 amide bonds. The molecule has 0 aromatic rings. The Balaban J connectivity index is 1.64. The number of allylic oxidation sites excluding steroid dienone is 2. The minimum absolute atomic E-state index is 0.0423. The second-order valence-electron chi connectivity index (χ2n) is 9.36. The number of aliphatic hydroxyl groups excluding tert-OH is 2. The van der Waals surface area contributed by atoms with E-state index < -0.39 is 5.97 Å². The lowest BCUT2D eigenvalue weighted by Gasteiger charge is -2.55. The summed E-state index contributed by atoms with van der Waals surface area (Å²) in [5, 5.41) is 29.6. The molecule has 0 radical (unpaired) electrons. The Kier molecular flexibility index (Phi) is 8.21. The molecule has 0 aliphatic heterocycles. The fourth-order valence-corrected chi connectivity index (χ4v) is 5.97. The predicted octanol–water partition coefficient (Wildman–Crippen LogP) is 4.55. The summed E-state index contributed by atoms with van der Waals surface area (Å²) in [5.41, 5.74) is 1.44. The van der Waals surface area contributed by atoms with Crippen LogP contribution < -0.4 is 0 Å². The molecule has 3 aliphatic carbocycles. The van der Waals surface area contributed by atoms with Gasteiger partial charge in [0.15, 0.2) is 0 Å². The van der Waals surface area contributed by atoms with E-state index in [0.29, 0.717) is 30.1 Å². The van der Waals surface area contributed by atoms with Gasteiger partial charge in [-0.3, -0.25) is 4.79 Å². The van der Waals surface area contributed by atoms with Gasteiger partial charge in [0, 0.05) is 12.8 Å². The van der Waals surface area contributed by atoms with Crippen LogP contribution in [0.2, 0.25) is 0 Å². The van der Waals surface area contributed by atoms with Crippen LogP contribution in [0.4, 0.5) is 0 Å². The number of rotatable bonds is 8. The van der Waals surface area contributed by atoms with Crippen LogP contribution in [0.3, 0.4) is 0 Å². The smallest absolute Gasteiger partial charge is 0.303 e. The first kappa shape index (κ1) is 22.4. The van der Waals surface area contributed by atoms with Crippen LogP contribution in [0.25, 0.3) is 0 Å². The molecule has 3 aliphatic rings. The van der Waals surface area contributed by atoms with Gasteiger partial charge in [0.2, 0.25) is 0 Å². The van der Waals surface area contributed by atoms with Crippen LogP contribution in [-0.4, -0.2) is 33.5 Å². The van der Waals surface area contributed by atoms with E-state index in [-0.39, 0.29) is 24.5 Å². The molecular formula is C25H38O4. The van der Waals surface area contributed by atoms with E-state index in [4.69, 9.17) is 5.11 Å². The van der Waals surface area contributed by atoms with Crippen molar-refractivity contribution in [2.45, 2.75) is 96.2 Å². The van der Waals surface area contributed by atoms with Crippen molar-refractivity contribution in [2.75, 3.05) is 0 Å². The van der Waals surface area contributed by atoms with Crippen molar-refractivity contribution in [3.05, 3.63) is 11.6 Å². The highest BCUT2D eigenvalue weighted by Crippen LogP contribution is 2.57. The van der Waals surface area contributed by atoms with Crippen LogP contribution in [0.5, 0.6) is 0 Å². The molecule has 3 saturated carbocycles. The minimum Gasteiger partial charge on any atom is -0.481 e. The van der Waals surface area contributed by atoms with E-state index in [1.165, 1.54) is 12.0 Å². The van der Waals surface area contributed by atoms with E-state index in [1.807, 2.05) is 0 Å². The third-order valence-electron chi connectivity index (χ3n) is 7.52. The van der Waals surface area contributed by atoms with Crippen LogP contribution in [-0.2, 0) is 4.79 Å². The monoisotopic (exact) mass is 402 g/mol. The van der Waals surface area contributed by atoms with Gasteiger partial charge >= 0.3 is 5.97 Å². The lowest BCUT2D eigenvalue weighted by atomic mass is 9.50. The molecule has 0 bridgehead atoms. The number of carbonyl (C=O) groups is 1. The third kappa shape index (κ3) is 5.44. The molecule has 0 heterocycles. The van der Waals surface area contributed by atoms with E-state index in [0.717, 1.165) is 57.8 Å². The zero-order valence-corrected chi connectivity index (χ0v) is 17.9. The molecule has 3 rings (SSSR count). The Labute approximate surface area is 175 Å². The lowest BCUT2D eigenvalue weighted by molar-refractivity contribution is -0.136. The SMILES string of the molecule is CCCCC1/C(=C/CCC(=O)O)C2CCC(O)C(C#CCCC3CCCC3O)C12. The van der Waals surface area contributed by atoms with Crippen molar-refractivity contribution in [1.82, 2.24) is 0 Å². The molecule has 0 aromatic carbocycles. The van der Waals surface area contributed by atoms with E-state index in [1.54, 1.807) is 0 Å². The molecule has 7 atom stereocenters. The van der Waals surface area contributed by atoms with Gasteiger partial charge in [0.1, 0.15) is 0 Å². The number of carboxylic acids is 1. The quantitative estimate of drug-likeness (QED) is 0.411. The number of hydrogen-bond donors (Lipinski definition) is 3. The fourth-order valence-electron chi connectivity index (χ4n) is 5.97. The highest BCUT2D eigenvalue weighted by molar-refractivity contribution is 5.66. The Bertz CT molecular complexity index is 643. The number of aliphatic carboxylic acids is 1. The molecule has 7 unspecified atom stereocenters. The highest BCUT2D eigenvalue weighted by Gasteiger charge is 2.52. The fraction of sp³-hybridized carbons (Fsp3) is 0.800. The first-order valence-corrected chi connectivity index (χ1v) is 11.8. The van der Waals surface area contributed by atoms with Gasteiger partial charge in [0.05, 0.1) is 18.1 Å². The van der Waals surface area contributed by atoms with Gasteiger partial charge < -0.3 is 15.3 Å². The van der Waals surface area contributed by atoms with Crippen molar-refractivity contribution in [3.63, 3.8) is 0 Å². The molecule has 0 aromatic heterocycles. The summed E-state index contributed by atoms with van der Waals surface area (Å²) >= 11 is 0. The summed E-state index contributed by atoms with van der Waals surface area (Å²) in [6, 6.07) is 0. The first-order valence-electron chi connectivity index (χ1n) is 11.8. The Morgan fingerprint density at radius 1 is 1.14 bits per heavy atom. The van der Waals surface area contributed by atoms with Crippen LogP contribution in [0.15, 0.2) is 11.6 Å². The predicted molar refractivity (Wildman–Crippen MR) is 114 cm³/mol. The van der Waals surface area contributed by atoms with Gasteiger partial charge in [0.25, 0.3) is 0 Å². The summed E-state index contributed by atoms with van der Waals surface area (Å²) in [6.07, 6.45) is 12.7. The zero-order chi connectivity index (χ0) is 20.8. The first-order chi connectivity index (χ1) is 14.0. The van der Waals surface area contributed by atoms with Gasteiger partial charge in [-0.15, -0.1) is 5.92 Å². The molecule has 3 fully saturated rings. The van der Waals surface area contributed by atoms with E-state index in [9.17, 15) is 15.0 Å². The Morgan fingerprint density at radius 2 is 1.97 bits per heavy atom. The molecule has 4 heteroatoms. The van der Waals surface area contributed by atoms with E-state index >= 15 is 0 Å². The van der Waals surface area contributed by atoms with Crippen LogP contribution in [0, 0.1) is 41.4 Å². The largest absolute Gasteiger partial charge is 0.481 e. The van der Waals surface area contributed by atoms with Crippen molar-refractivity contribution in [2.24, 2.45) is 29.6 Å². The maximum Gasteiger partial charge on any atom is 0.303 e. The minimum atomic E-state index is -0.738. The van der Waals surface area contributed by atoms with Crippen molar-refractivity contribution >= 4 is 5.97 Å². The van der Waals surface area contributed by atoms with Gasteiger partial charge in [-0.05, 0) is 68.6 Å². The lowest BCUT2D eigenvalue weighted by Crippen LogP contribution is -2.51. The topological polar surface area (TPSA) is 77.8 Å². The highest BCUT2D eigenvalue weighted by atomic mass is 16.4. The molecule has 0 spiro atoms. The van der Waals surface area contributed by atoms with Crippen molar-refractivity contribution in [1.29, 1.82) is 0 Å².